The lowest BCUT2D eigenvalue weighted by atomic mass is 9.81. The molecule has 1 saturated heterocycles. The van der Waals surface area contributed by atoms with E-state index in [9.17, 15) is 4.79 Å². The molecule has 0 amide bonds. The molecule has 0 radical (unpaired) electrons. The maximum Gasteiger partial charge on any atom is 0.304 e. The van der Waals surface area contributed by atoms with E-state index in [4.69, 9.17) is 19.3 Å². The van der Waals surface area contributed by atoms with Gasteiger partial charge in [0.2, 0.25) is 0 Å². The first-order chi connectivity index (χ1) is 10.4. The summed E-state index contributed by atoms with van der Waals surface area (Å²) in [4.78, 5) is 11.2. The van der Waals surface area contributed by atoms with Gasteiger partial charge < -0.3 is 19.3 Å². The first kappa shape index (κ1) is 16.6. The van der Waals surface area contributed by atoms with Gasteiger partial charge >= 0.3 is 5.97 Å². The molecule has 1 aliphatic heterocycles. The quantitative estimate of drug-likeness (QED) is 0.875. The first-order valence-electron chi connectivity index (χ1n) is 7.57. The fourth-order valence-electron chi connectivity index (χ4n) is 2.76. The summed E-state index contributed by atoms with van der Waals surface area (Å²) in [6.45, 7) is 5.20. The van der Waals surface area contributed by atoms with Gasteiger partial charge in [0.1, 0.15) is 6.10 Å². The smallest absolute Gasteiger partial charge is 0.304 e. The molecular weight excluding hydrogens is 284 g/mol. The van der Waals surface area contributed by atoms with Gasteiger partial charge in [-0.15, -0.1) is 0 Å². The summed E-state index contributed by atoms with van der Waals surface area (Å²) in [6, 6.07) is 5.63. The molecule has 1 N–H and O–H groups in total. The molecule has 0 spiro atoms. The van der Waals surface area contributed by atoms with E-state index < -0.39 is 11.4 Å². The van der Waals surface area contributed by atoms with Gasteiger partial charge in [0.15, 0.2) is 11.5 Å². The Kier molecular flexibility index (Phi) is 5.29. The van der Waals surface area contributed by atoms with Crippen LogP contribution in [-0.2, 0) is 14.9 Å². The zero-order valence-electron chi connectivity index (χ0n) is 13.4. The van der Waals surface area contributed by atoms with E-state index in [0.717, 1.165) is 18.4 Å². The van der Waals surface area contributed by atoms with Crippen LogP contribution in [0.1, 0.15) is 38.7 Å². The summed E-state index contributed by atoms with van der Waals surface area (Å²) >= 11 is 0. The second-order valence-corrected chi connectivity index (χ2v) is 6.22. The van der Waals surface area contributed by atoms with E-state index in [-0.39, 0.29) is 12.5 Å². The molecule has 1 aliphatic rings. The molecular formula is C17H24O5. The van der Waals surface area contributed by atoms with Crippen LogP contribution in [0.2, 0.25) is 0 Å². The van der Waals surface area contributed by atoms with Crippen LogP contribution >= 0.6 is 0 Å². The zero-order chi connectivity index (χ0) is 16.2. The number of carbonyl (C=O) groups is 1. The number of rotatable bonds is 6. The molecule has 122 valence electrons. The van der Waals surface area contributed by atoms with Crippen LogP contribution in [0.5, 0.6) is 11.5 Å². The van der Waals surface area contributed by atoms with Crippen molar-refractivity contribution < 1.29 is 24.1 Å². The third kappa shape index (κ3) is 3.91. The van der Waals surface area contributed by atoms with E-state index >= 15 is 0 Å². The van der Waals surface area contributed by atoms with Crippen molar-refractivity contribution in [2.45, 2.75) is 44.6 Å². The normalized spacial score (nSPS) is 16.3. The summed E-state index contributed by atoms with van der Waals surface area (Å²) in [5.41, 5.74) is 0.321. The van der Waals surface area contributed by atoms with Gasteiger partial charge in [0.05, 0.1) is 26.7 Å². The fourth-order valence-corrected chi connectivity index (χ4v) is 2.76. The Labute approximate surface area is 131 Å². The molecule has 0 aromatic heterocycles. The molecule has 5 heteroatoms. The van der Waals surface area contributed by atoms with Gasteiger partial charge in [-0.05, 0) is 6.07 Å². The lowest BCUT2D eigenvalue weighted by Crippen LogP contribution is -2.28. The van der Waals surface area contributed by atoms with Crippen LogP contribution < -0.4 is 9.47 Å². The first-order valence-corrected chi connectivity index (χ1v) is 7.57. The van der Waals surface area contributed by atoms with Crippen molar-refractivity contribution in [3.05, 3.63) is 23.8 Å². The predicted octanol–water partition coefficient (Wildman–Crippen LogP) is 3.01. The van der Waals surface area contributed by atoms with Crippen LogP contribution in [0, 0.1) is 0 Å². The number of methoxy groups -OCH3 is 1. The molecule has 1 fully saturated rings. The topological polar surface area (TPSA) is 65.0 Å². The molecule has 1 aromatic carbocycles. The Balaban J connectivity index is 2.34. The number of carboxylic acid groups (broad SMARTS) is 1. The van der Waals surface area contributed by atoms with Gasteiger partial charge in [0, 0.05) is 23.8 Å². The lowest BCUT2D eigenvalue weighted by molar-refractivity contribution is -0.138. The van der Waals surface area contributed by atoms with E-state index in [1.807, 2.05) is 32.0 Å². The van der Waals surface area contributed by atoms with Crippen LogP contribution in [0.15, 0.2) is 18.2 Å². The molecule has 0 saturated carbocycles. The Bertz CT molecular complexity index is 518. The minimum atomic E-state index is -0.829. The van der Waals surface area contributed by atoms with E-state index in [0.29, 0.717) is 24.7 Å². The maximum atomic E-state index is 11.2. The van der Waals surface area contributed by atoms with Gasteiger partial charge in [-0.25, -0.2) is 0 Å². The van der Waals surface area contributed by atoms with E-state index in [1.165, 1.54) is 0 Å². The highest BCUT2D eigenvalue weighted by Gasteiger charge is 2.30. The number of aliphatic carboxylic acids is 1. The molecule has 1 heterocycles. The Morgan fingerprint density at radius 3 is 2.64 bits per heavy atom. The van der Waals surface area contributed by atoms with Crippen molar-refractivity contribution in [3.63, 3.8) is 0 Å². The fraction of sp³-hybridized carbons (Fsp3) is 0.588. The van der Waals surface area contributed by atoms with Gasteiger partial charge in [-0.2, -0.15) is 0 Å². The molecule has 1 aromatic rings. The molecule has 0 bridgehead atoms. The summed E-state index contributed by atoms with van der Waals surface area (Å²) in [7, 11) is 1.60. The van der Waals surface area contributed by atoms with Crippen molar-refractivity contribution in [1.82, 2.24) is 0 Å². The van der Waals surface area contributed by atoms with Crippen molar-refractivity contribution in [3.8, 4) is 11.5 Å². The molecule has 2 rings (SSSR count). The molecule has 5 nitrogen and oxygen atoms in total. The molecule has 0 unspecified atom stereocenters. The summed E-state index contributed by atoms with van der Waals surface area (Å²) in [5.74, 6) is 0.468. The number of ether oxygens (including phenoxy) is 3. The highest BCUT2D eigenvalue weighted by Crippen LogP contribution is 2.41. The second-order valence-electron chi connectivity index (χ2n) is 6.22. The SMILES string of the molecule is COc1cccc(C(C)(C)CC(=O)O)c1OC1CCOCC1. The average Bonchev–Trinajstić information content (AvgIpc) is 2.47. The number of para-hydroxylation sites is 1. The van der Waals surface area contributed by atoms with Crippen LogP contribution in [0.4, 0.5) is 0 Å². The monoisotopic (exact) mass is 308 g/mol. The minimum Gasteiger partial charge on any atom is -0.493 e. The Morgan fingerprint density at radius 2 is 2.05 bits per heavy atom. The van der Waals surface area contributed by atoms with Crippen LogP contribution in [0.3, 0.4) is 0 Å². The van der Waals surface area contributed by atoms with E-state index in [2.05, 4.69) is 0 Å². The molecule has 0 atom stereocenters. The van der Waals surface area contributed by atoms with Crippen LogP contribution in [-0.4, -0.2) is 37.5 Å². The highest BCUT2D eigenvalue weighted by atomic mass is 16.5. The van der Waals surface area contributed by atoms with E-state index in [1.54, 1.807) is 7.11 Å². The largest absolute Gasteiger partial charge is 0.493 e. The zero-order valence-corrected chi connectivity index (χ0v) is 13.4. The van der Waals surface area contributed by atoms with Gasteiger partial charge in [-0.1, -0.05) is 26.0 Å². The number of carboxylic acids is 1. The number of hydrogen-bond donors (Lipinski definition) is 1. The maximum absolute atomic E-state index is 11.2. The third-order valence-corrected chi connectivity index (χ3v) is 3.97. The Hall–Kier alpha value is -1.75. The number of benzene rings is 1. The van der Waals surface area contributed by atoms with Crippen LogP contribution in [0.25, 0.3) is 0 Å². The van der Waals surface area contributed by atoms with Crippen molar-refractivity contribution in [2.75, 3.05) is 20.3 Å². The molecule has 22 heavy (non-hydrogen) atoms. The van der Waals surface area contributed by atoms with Crippen molar-refractivity contribution in [2.24, 2.45) is 0 Å². The number of hydrogen-bond acceptors (Lipinski definition) is 4. The second kappa shape index (κ2) is 7.01. The highest BCUT2D eigenvalue weighted by molar-refractivity contribution is 5.69. The van der Waals surface area contributed by atoms with Gasteiger partial charge in [0.25, 0.3) is 0 Å². The minimum absolute atomic E-state index is 0.0320. The van der Waals surface area contributed by atoms with Gasteiger partial charge in [-0.3, -0.25) is 4.79 Å². The summed E-state index contributed by atoms with van der Waals surface area (Å²) in [5, 5.41) is 9.16. The average molecular weight is 308 g/mol. The van der Waals surface area contributed by atoms with Crippen molar-refractivity contribution >= 4 is 5.97 Å². The standard InChI is InChI=1S/C17H24O5/c1-17(2,11-15(18)19)13-5-4-6-14(20-3)16(13)22-12-7-9-21-10-8-12/h4-6,12H,7-11H2,1-3H3,(H,18,19). The molecule has 0 aliphatic carbocycles. The third-order valence-electron chi connectivity index (χ3n) is 3.97. The Morgan fingerprint density at radius 1 is 1.36 bits per heavy atom. The lowest BCUT2D eigenvalue weighted by Gasteiger charge is -2.30. The van der Waals surface area contributed by atoms with Crippen molar-refractivity contribution in [1.29, 1.82) is 0 Å². The summed E-state index contributed by atoms with van der Waals surface area (Å²) < 4.78 is 17.0. The summed E-state index contributed by atoms with van der Waals surface area (Å²) in [6.07, 6.45) is 1.77. The predicted molar refractivity (Wildman–Crippen MR) is 82.7 cm³/mol.